The van der Waals surface area contributed by atoms with Gasteiger partial charge in [0, 0.05) is 12.4 Å². The minimum Gasteiger partial charge on any atom is -0.376 e. The lowest BCUT2D eigenvalue weighted by atomic mass is 9.80. The summed E-state index contributed by atoms with van der Waals surface area (Å²) in [6, 6.07) is 10.5. The molecule has 3 aromatic rings. The second-order valence-electron chi connectivity index (χ2n) is 6.10. The first-order chi connectivity index (χ1) is 13.0. The Kier molecular flexibility index (Phi) is 4.93. The van der Waals surface area contributed by atoms with Crippen LogP contribution in [0.1, 0.15) is 27.8 Å². The van der Waals surface area contributed by atoms with Crippen molar-refractivity contribution in [3.05, 3.63) is 101 Å². The van der Waals surface area contributed by atoms with Gasteiger partial charge in [-0.2, -0.15) is 26.3 Å². The Hall–Kier alpha value is -2.87. The molecular weight excluding hydrogens is 384 g/mol. The molecule has 8 heteroatoms. The van der Waals surface area contributed by atoms with Crippen LogP contribution in [0, 0.1) is 0 Å². The van der Waals surface area contributed by atoms with Gasteiger partial charge in [0.05, 0.1) is 11.1 Å². The molecule has 1 heterocycles. The molecule has 0 radical (unpaired) electrons. The maximum absolute atomic E-state index is 12.8. The van der Waals surface area contributed by atoms with Gasteiger partial charge in [-0.15, -0.1) is 0 Å². The number of aliphatic hydroxyl groups is 1. The van der Waals surface area contributed by atoms with Crippen molar-refractivity contribution in [2.45, 2.75) is 18.0 Å². The van der Waals surface area contributed by atoms with E-state index < -0.39 is 29.1 Å². The Balaban J connectivity index is 2.14. The van der Waals surface area contributed by atoms with Gasteiger partial charge in [0.2, 0.25) is 0 Å². The smallest absolute Gasteiger partial charge is 0.376 e. The van der Waals surface area contributed by atoms with Gasteiger partial charge in [-0.3, -0.25) is 4.98 Å². The molecule has 2 nitrogen and oxygen atoms in total. The van der Waals surface area contributed by atoms with Crippen LogP contribution in [-0.2, 0) is 18.0 Å². The van der Waals surface area contributed by atoms with Gasteiger partial charge in [-0.1, -0.05) is 24.3 Å². The zero-order valence-corrected chi connectivity index (χ0v) is 14.1. The molecule has 0 amide bonds. The molecule has 28 heavy (non-hydrogen) atoms. The average molecular weight is 397 g/mol. The summed E-state index contributed by atoms with van der Waals surface area (Å²) < 4.78 is 77.0. The standard InChI is InChI=1S/C20H13F6NO/c21-19(22,23)16-5-1-13(2-6-16)18(28,15-9-11-27-12-10-15)14-3-7-17(8-4-14)20(24,25)26/h1-12,28H. The van der Waals surface area contributed by atoms with E-state index in [9.17, 15) is 31.4 Å². The molecule has 1 N–H and O–H groups in total. The van der Waals surface area contributed by atoms with Crippen molar-refractivity contribution in [1.82, 2.24) is 4.98 Å². The first-order valence-corrected chi connectivity index (χ1v) is 8.01. The predicted molar refractivity (Wildman–Crippen MR) is 89.2 cm³/mol. The fraction of sp³-hybridized carbons (Fsp3) is 0.150. The summed E-state index contributed by atoms with van der Waals surface area (Å²) in [6.07, 6.45) is -6.37. The highest BCUT2D eigenvalue weighted by Gasteiger charge is 2.37. The minimum atomic E-state index is -4.55. The van der Waals surface area contributed by atoms with E-state index >= 15 is 0 Å². The summed E-state index contributed by atoms with van der Waals surface area (Å²) in [7, 11) is 0. The second kappa shape index (κ2) is 6.94. The van der Waals surface area contributed by atoms with Crippen LogP contribution in [0.2, 0.25) is 0 Å². The lowest BCUT2D eigenvalue weighted by Crippen LogP contribution is -2.29. The second-order valence-corrected chi connectivity index (χ2v) is 6.10. The number of rotatable bonds is 3. The molecule has 0 aliphatic rings. The maximum atomic E-state index is 12.8. The molecule has 0 aliphatic heterocycles. The molecule has 146 valence electrons. The molecule has 1 aromatic heterocycles. The van der Waals surface area contributed by atoms with E-state index in [2.05, 4.69) is 4.98 Å². The number of alkyl halides is 6. The highest BCUT2D eigenvalue weighted by Crippen LogP contribution is 2.39. The summed E-state index contributed by atoms with van der Waals surface area (Å²) in [5.41, 5.74) is -3.36. The Morgan fingerprint density at radius 2 is 0.786 bits per heavy atom. The van der Waals surface area contributed by atoms with Crippen LogP contribution < -0.4 is 0 Å². The molecule has 0 aliphatic carbocycles. The van der Waals surface area contributed by atoms with Gasteiger partial charge in [-0.25, -0.2) is 0 Å². The van der Waals surface area contributed by atoms with Gasteiger partial charge in [0.15, 0.2) is 0 Å². The fourth-order valence-corrected chi connectivity index (χ4v) is 2.89. The van der Waals surface area contributed by atoms with E-state index in [0.717, 1.165) is 48.5 Å². The molecule has 0 saturated carbocycles. The van der Waals surface area contributed by atoms with Crippen LogP contribution in [-0.4, -0.2) is 10.1 Å². The molecule has 0 unspecified atom stereocenters. The molecule has 0 bridgehead atoms. The molecule has 0 atom stereocenters. The van der Waals surface area contributed by atoms with Crippen molar-refractivity contribution in [2.24, 2.45) is 0 Å². The number of nitrogens with zero attached hydrogens (tertiary/aromatic N) is 1. The van der Waals surface area contributed by atoms with Crippen molar-refractivity contribution < 1.29 is 31.4 Å². The van der Waals surface area contributed by atoms with Crippen LogP contribution in [0.3, 0.4) is 0 Å². The van der Waals surface area contributed by atoms with Crippen LogP contribution >= 0.6 is 0 Å². The summed E-state index contributed by atoms with van der Waals surface area (Å²) >= 11 is 0. The maximum Gasteiger partial charge on any atom is 0.416 e. The quantitative estimate of drug-likeness (QED) is 0.600. The third-order valence-corrected chi connectivity index (χ3v) is 4.36. The highest BCUT2D eigenvalue weighted by atomic mass is 19.4. The van der Waals surface area contributed by atoms with Crippen LogP contribution in [0.15, 0.2) is 73.1 Å². The number of hydrogen-bond acceptors (Lipinski definition) is 2. The number of pyridine rings is 1. The van der Waals surface area contributed by atoms with E-state index in [4.69, 9.17) is 0 Å². The van der Waals surface area contributed by atoms with Crippen LogP contribution in [0.4, 0.5) is 26.3 Å². The van der Waals surface area contributed by atoms with Gasteiger partial charge in [0.25, 0.3) is 0 Å². The van der Waals surface area contributed by atoms with E-state index in [0.29, 0.717) is 0 Å². The molecule has 2 aromatic carbocycles. The van der Waals surface area contributed by atoms with Crippen molar-refractivity contribution >= 4 is 0 Å². The van der Waals surface area contributed by atoms with Gasteiger partial charge in [-0.05, 0) is 53.1 Å². The van der Waals surface area contributed by atoms with Gasteiger partial charge < -0.3 is 5.11 Å². The molecule has 0 spiro atoms. The lowest BCUT2D eigenvalue weighted by Gasteiger charge is -2.30. The van der Waals surface area contributed by atoms with Crippen LogP contribution in [0.25, 0.3) is 0 Å². The topological polar surface area (TPSA) is 33.1 Å². The van der Waals surface area contributed by atoms with Crippen LogP contribution in [0.5, 0.6) is 0 Å². The minimum absolute atomic E-state index is 0.0754. The van der Waals surface area contributed by atoms with E-state index in [1.54, 1.807) is 0 Å². The molecular formula is C20H13F6NO. The Morgan fingerprint density at radius 3 is 1.11 bits per heavy atom. The Bertz CT molecular complexity index is 874. The van der Waals surface area contributed by atoms with E-state index in [-0.39, 0.29) is 16.7 Å². The summed E-state index contributed by atoms with van der Waals surface area (Å²) in [4.78, 5) is 3.83. The summed E-state index contributed by atoms with van der Waals surface area (Å²) in [5.74, 6) is 0. The first kappa shape index (κ1) is 19.9. The average Bonchev–Trinajstić information content (AvgIpc) is 2.67. The summed E-state index contributed by atoms with van der Waals surface area (Å²) in [5, 5.41) is 11.4. The van der Waals surface area contributed by atoms with E-state index in [1.807, 2.05) is 0 Å². The number of hydrogen-bond donors (Lipinski definition) is 1. The van der Waals surface area contributed by atoms with Crippen molar-refractivity contribution in [3.8, 4) is 0 Å². The number of halogens is 6. The Labute approximate surface area is 156 Å². The predicted octanol–water partition coefficient (Wildman–Crippen LogP) is 5.40. The SMILES string of the molecule is OC(c1ccncc1)(c1ccc(C(F)(F)F)cc1)c1ccc(C(F)(F)F)cc1. The Morgan fingerprint density at radius 1 is 0.500 bits per heavy atom. The number of benzene rings is 2. The largest absolute Gasteiger partial charge is 0.416 e. The third-order valence-electron chi connectivity index (χ3n) is 4.36. The van der Waals surface area contributed by atoms with Crippen molar-refractivity contribution in [3.63, 3.8) is 0 Å². The first-order valence-electron chi connectivity index (χ1n) is 8.01. The van der Waals surface area contributed by atoms with Gasteiger partial charge in [0.1, 0.15) is 5.60 Å². The number of aromatic nitrogens is 1. The highest BCUT2D eigenvalue weighted by molar-refractivity contribution is 5.47. The zero-order valence-electron chi connectivity index (χ0n) is 14.1. The summed E-state index contributed by atoms with van der Waals surface area (Å²) in [6.45, 7) is 0. The lowest BCUT2D eigenvalue weighted by molar-refractivity contribution is -0.138. The zero-order chi connectivity index (χ0) is 20.6. The molecule has 0 fully saturated rings. The van der Waals surface area contributed by atoms with Crippen molar-refractivity contribution in [2.75, 3.05) is 0 Å². The monoisotopic (exact) mass is 397 g/mol. The fourth-order valence-electron chi connectivity index (χ4n) is 2.89. The normalized spacial score (nSPS) is 12.8. The third kappa shape index (κ3) is 3.73. The van der Waals surface area contributed by atoms with Crippen molar-refractivity contribution in [1.29, 1.82) is 0 Å². The van der Waals surface area contributed by atoms with Gasteiger partial charge >= 0.3 is 12.4 Å². The molecule has 0 saturated heterocycles. The van der Waals surface area contributed by atoms with E-state index in [1.165, 1.54) is 24.5 Å². The molecule has 3 rings (SSSR count).